The van der Waals surface area contributed by atoms with Crippen LogP contribution in [0.5, 0.6) is 11.5 Å². The minimum absolute atomic E-state index is 0.0923. The molecule has 6 nitrogen and oxygen atoms in total. The van der Waals surface area contributed by atoms with E-state index in [1.54, 1.807) is 14.2 Å². The van der Waals surface area contributed by atoms with Crippen LogP contribution in [0.3, 0.4) is 0 Å². The maximum atomic E-state index is 12.5. The molecule has 0 atom stereocenters. The van der Waals surface area contributed by atoms with Gasteiger partial charge in [0.25, 0.3) is 0 Å². The van der Waals surface area contributed by atoms with Gasteiger partial charge in [-0.05, 0) is 49.2 Å². The topological polar surface area (TPSA) is 73.4 Å². The first-order valence-corrected chi connectivity index (χ1v) is 10.3. The van der Waals surface area contributed by atoms with Gasteiger partial charge in [-0.3, -0.25) is 0 Å². The highest BCUT2D eigenvalue weighted by atomic mass is 32.1. The Bertz CT molecular complexity index is 1230. The van der Waals surface area contributed by atoms with Crippen molar-refractivity contribution in [1.82, 2.24) is 9.97 Å². The van der Waals surface area contributed by atoms with E-state index in [0.29, 0.717) is 22.9 Å². The van der Waals surface area contributed by atoms with Crippen LogP contribution < -0.4 is 9.47 Å². The first kappa shape index (κ1) is 20.0. The van der Waals surface area contributed by atoms with Crippen LogP contribution in [0.15, 0.2) is 41.8 Å². The molecule has 0 aliphatic heterocycles. The fourth-order valence-electron chi connectivity index (χ4n) is 3.48. The highest BCUT2D eigenvalue weighted by Crippen LogP contribution is 2.39. The summed E-state index contributed by atoms with van der Waals surface area (Å²) < 4.78 is 16.3. The van der Waals surface area contributed by atoms with Gasteiger partial charge in [-0.2, -0.15) is 0 Å². The number of carbonyl (C=O) groups excluding carboxylic acids is 1. The highest BCUT2D eigenvalue weighted by Gasteiger charge is 2.16. The molecule has 0 fully saturated rings. The summed E-state index contributed by atoms with van der Waals surface area (Å²) in [5.41, 5.74) is 5.14. The lowest BCUT2D eigenvalue weighted by molar-refractivity contribution is 0.0462. The van der Waals surface area contributed by atoms with E-state index >= 15 is 0 Å². The van der Waals surface area contributed by atoms with E-state index < -0.39 is 5.97 Å². The molecule has 0 unspecified atom stereocenters. The maximum absolute atomic E-state index is 12.5. The predicted molar refractivity (Wildman–Crippen MR) is 118 cm³/mol. The summed E-state index contributed by atoms with van der Waals surface area (Å²) in [7, 11) is 3.20. The number of nitrogens with zero attached hydrogens (tertiary/aromatic N) is 1. The predicted octanol–water partition coefficient (Wildman–Crippen LogP) is 5.28. The van der Waals surface area contributed by atoms with Gasteiger partial charge in [0.2, 0.25) is 0 Å². The van der Waals surface area contributed by atoms with Crippen LogP contribution in [0.2, 0.25) is 0 Å². The Hall–Kier alpha value is -3.32. The van der Waals surface area contributed by atoms with E-state index in [1.807, 2.05) is 49.6 Å². The molecule has 0 aliphatic rings. The molecule has 0 radical (unpaired) electrons. The van der Waals surface area contributed by atoms with E-state index in [9.17, 15) is 4.79 Å². The lowest BCUT2D eigenvalue weighted by atomic mass is 10.1. The van der Waals surface area contributed by atoms with Gasteiger partial charge in [-0.15, -0.1) is 11.3 Å². The Labute approximate surface area is 178 Å². The fourth-order valence-corrected chi connectivity index (χ4v) is 4.31. The molecule has 0 bridgehead atoms. The van der Waals surface area contributed by atoms with Gasteiger partial charge in [0.15, 0.2) is 11.5 Å². The van der Waals surface area contributed by atoms with Crippen LogP contribution in [0.1, 0.15) is 27.3 Å². The van der Waals surface area contributed by atoms with Crippen LogP contribution >= 0.6 is 11.3 Å². The second-order valence-electron chi connectivity index (χ2n) is 6.99. The van der Waals surface area contributed by atoms with Crippen molar-refractivity contribution in [3.8, 4) is 22.1 Å². The van der Waals surface area contributed by atoms with Gasteiger partial charge >= 0.3 is 5.97 Å². The quantitative estimate of drug-likeness (QED) is 0.428. The zero-order chi connectivity index (χ0) is 21.3. The van der Waals surface area contributed by atoms with E-state index in [2.05, 4.69) is 16.0 Å². The zero-order valence-electron chi connectivity index (χ0n) is 17.2. The number of esters is 1. The number of ether oxygens (including phenoxy) is 3. The SMILES string of the molecule is COc1cccc(-c2nc(COC(=O)c3cc4c(C)cc(C)cc4[nH]3)cs2)c1OC. The van der Waals surface area contributed by atoms with Crippen LogP contribution in [-0.2, 0) is 11.3 Å². The Morgan fingerprint density at radius 3 is 2.73 bits per heavy atom. The Morgan fingerprint density at radius 2 is 1.97 bits per heavy atom. The second-order valence-corrected chi connectivity index (χ2v) is 7.85. The van der Waals surface area contributed by atoms with Crippen LogP contribution in [0.4, 0.5) is 0 Å². The van der Waals surface area contributed by atoms with Crippen molar-refractivity contribution >= 4 is 28.2 Å². The van der Waals surface area contributed by atoms with Crippen LogP contribution in [-0.4, -0.2) is 30.2 Å². The molecule has 2 aromatic heterocycles. The molecular weight excluding hydrogens is 400 g/mol. The monoisotopic (exact) mass is 422 g/mol. The Balaban J connectivity index is 1.50. The third-order valence-corrected chi connectivity index (χ3v) is 5.77. The van der Waals surface area contributed by atoms with Gasteiger partial charge in [0, 0.05) is 16.3 Å². The lowest BCUT2D eigenvalue weighted by Crippen LogP contribution is -2.05. The Morgan fingerprint density at radius 1 is 1.13 bits per heavy atom. The van der Waals surface area contributed by atoms with Crippen molar-refractivity contribution in [1.29, 1.82) is 0 Å². The molecule has 7 heteroatoms. The number of H-pyrrole nitrogens is 1. The molecule has 0 saturated carbocycles. The summed E-state index contributed by atoms with van der Waals surface area (Å²) in [6.07, 6.45) is 0. The number of hydrogen-bond donors (Lipinski definition) is 1. The number of carbonyl (C=O) groups is 1. The number of aryl methyl sites for hydroxylation is 2. The van der Waals surface area contributed by atoms with Crippen molar-refractivity contribution in [3.05, 3.63) is 64.3 Å². The molecule has 30 heavy (non-hydrogen) atoms. The van der Waals surface area contributed by atoms with Crippen molar-refractivity contribution < 1.29 is 19.0 Å². The second kappa shape index (κ2) is 8.20. The highest BCUT2D eigenvalue weighted by molar-refractivity contribution is 7.13. The summed E-state index contributed by atoms with van der Waals surface area (Å²) in [6.45, 7) is 4.15. The average molecular weight is 423 g/mol. The lowest BCUT2D eigenvalue weighted by Gasteiger charge is -2.10. The van der Waals surface area contributed by atoms with Gasteiger partial charge in [0.1, 0.15) is 17.3 Å². The molecular formula is C23H22N2O4S. The minimum Gasteiger partial charge on any atom is -0.493 e. The standard InChI is InChI=1S/C23H22N2O4S/c1-13-8-14(2)17-10-19(25-18(17)9-13)23(26)29-11-15-12-30-22(24-15)16-6-5-7-20(27-3)21(16)28-4/h5-10,12,25H,11H2,1-4H3. The molecule has 0 amide bonds. The smallest absolute Gasteiger partial charge is 0.355 e. The van der Waals surface area contributed by atoms with Crippen molar-refractivity contribution in [3.63, 3.8) is 0 Å². The van der Waals surface area contributed by atoms with Crippen LogP contribution in [0.25, 0.3) is 21.5 Å². The van der Waals surface area contributed by atoms with Gasteiger partial charge in [-0.25, -0.2) is 9.78 Å². The summed E-state index contributed by atoms with van der Waals surface area (Å²) in [5, 5.41) is 3.67. The van der Waals surface area contributed by atoms with Crippen molar-refractivity contribution in [2.24, 2.45) is 0 Å². The first-order valence-electron chi connectivity index (χ1n) is 9.43. The normalized spacial score (nSPS) is 10.9. The van der Waals surface area contributed by atoms with Crippen LogP contribution in [0, 0.1) is 13.8 Å². The molecule has 0 aliphatic carbocycles. The zero-order valence-corrected chi connectivity index (χ0v) is 18.1. The molecule has 1 N–H and O–H groups in total. The molecule has 4 aromatic rings. The third kappa shape index (κ3) is 3.76. The van der Waals surface area contributed by atoms with E-state index in [1.165, 1.54) is 11.3 Å². The number of hydrogen-bond acceptors (Lipinski definition) is 6. The Kier molecular flexibility index (Phi) is 5.46. The van der Waals surface area contributed by atoms with Crippen molar-refractivity contribution in [2.75, 3.05) is 14.2 Å². The fraction of sp³-hybridized carbons (Fsp3) is 0.217. The summed E-state index contributed by atoms with van der Waals surface area (Å²) >= 11 is 1.46. The summed E-state index contributed by atoms with van der Waals surface area (Å²) in [4.78, 5) is 20.3. The van der Waals surface area contributed by atoms with Gasteiger partial charge < -0.3 is 19.2 Å². The maximum Gasteiger partial charge on any atom is 0.355 e. The number of methoxy groups -OCH3 is 2. The molecule has 0 saturated heterocycles. The third-order valence-electron chi connectivity index (χ3n) is 4.85. The summed E-state index contributed by atoms with van der Waals surface area (Å²) in [6, 6.07) is 11.6. The molecule has 2 aromatic carbocycles. The number of para-hydroxylation sites is 1. The van der Waals surface area contributed by atoms with Gasteiger partial charge in [0.05, 0.1) is 25.5 Å². The molecule has 0 spiro atoms. The average Bonchev–Trinajstić information content (AvgIpc) is 3.38. The molecule has 4 rings (SSSR count). The number of fused-ring (bicyclic) bond motifs is 1. The van der Waals surface area contributed by atoms with E-state index in [0.717, 1.165) is 32.6 Å². The number of thiazole rings is 1. The number of benzene rings is 2. The number of rotatable bonds is 6. The van der Waals surface area contributed by atoms with Crippen molar-refractivity contribution in [2.45, 2.75) is 20.5 Å². The van der Waals surface area contributed by atoms with E-state index in [4.69, 9.17) is 14.2 Å². The summed E-state index contributed by atoms with van der Waals surface area (Å²) in [5.74, 6) is 0.862. The minimum atomic E-state index is -0.406. The molecule has 154 valence electrons. The molecule has 2 heterocycles. The number of nitrogens with one attached hydrogen (secondary N) is 1. The van der Waals surface area contributed by atoms with Gasteiger partial charge in [-0.1, -0.05) is 12.1 Å². The first-order chi connectivity index (χ1) is 14.5. The number of aromatic amines is 1. The largest absolute Gasteiger partial charge is 0.493 e. The number of aromatic nitrogens is 2. The van der Waals surface area contributed by atoms with E-state index in [-0.39, 0.29) is 6.61 Å².